The Morgan fingerprint density at radius 3 is 2.50 bits per heavy atom. The minimum atomic E-state index is -0.625. The predicted octanol–water partition coefficient (Wildman–Crippen LogP) is 3.64. The van der Waals surface area contributed by atoms with Gasteiger partial charge in [0.25, 0.3) is 0 Å². The molecule has 1 aromatic heterocycles. The van der Waals surface area contributed by atoms with Crippen LogP contribution in [0.15, 0.2) is 28.7 Å². The number of aliphatic hydroxyl groups excluding tert-OH is 2. The van der Waals surface area contributed by atoms with Gasteiger partial charge in [-0.2, -0.15) is 0 Å². The molecule has 1 atom stereocenters. The largest absolute Gasteiger partial charge is 0.493 e. The van der Waals surface area contributed by atoms with Crippen LogP contribution < -0.4 is 14.2 Å². The van der Waals surface area contributed by atoms with Gasteiger partial charge in [-0.15, -0.1) is 0 Å². The van der Waals surface area contributed by atoms with Crippen LogP contribution in [0.25, 0.3) is 22.1 Å². The highest BCUT2D eigenvalue weighted by atomic mass is 16.5. The molecule has 28 heavy (non-hydrogen) atoms. The number of aliphatic hydroxyl groups is 2. The van der Waals surface area contributed by atoms with Gasteiger partial charge in [-0.25, -0.2) is 0 Å². The number of rotatable bonds is 5. The first-order valence-corrected chi connectivity index (χ1v) is 9.28. The van der Waals surface area contributed by atoms with Crippen molar-refractivity contribution in [3.8, 4) is 28.4 Å². The van der Waals surface area contributed by atoms with E-state index in [0.717, 1.165) is 27.6 Å². The van der Waals surface area contributed by atoms with Gasteiger partial charge in [-0.05, 0) is 53.8 Å². The lowest BCUT2D eigenvalue weighted by Gasteiger charge is -2.19. The molecule has 1 heterocycles. The van der Waals surface area contributed by atoms with Gasteiger partial charge in [0.15, 0.2) is 11.5 Å². The summed E-state index contributed by atoms with van der Waals surface area (Å²) in [6.07, 6.45) is 1.08. The van der Waals surface area contributed by atoms with E-state index >= 15 is 0 Å². The lowest BCUT2D eigenvalue weighted by atomic mass is 9.93. The lowest BCUT2D eigenvalue weighted by Crippen LogP contribution is -2.00. The Morgan fingerprint density at radius 2 is 1.82 bits per heavy atom. The quantitative estimate of drug-likeness (QED) is 0.699. The van der Waals surface area contributed by atoms with Crippen LogP contribution in [0, 0.1) is 0 Å². The fourth-order valence-electron chi connectivity index (χ4n) is 4.03. The minimum absolute atomic E-state index is 0.0236. The zero-order valence-electron chi connectivity index (χ0n) is 16.2. The number of furan rings is 1. The molecule has 0 amide bonds. The number of hydrogen-bond acceptors (Lipinski definition) is 6. The Labute approximate surface area is 163 Å². The van der Waals surface area contributed by atoms with Crippen molar-refractivity contribution < 1.29 is 28.8 Å². The normalized spacial score (nSPS) is 15.7. The summed E-state index contributed by atoms with van der Waals surface area (Å²) in [4.78, 5) is 0. The van der Waals surface area contributed by atoms with Gasteiger partial charge in [0.2, 0.25) is 5.75 Å². The number of hydrogen-bond donors (Lipinski definition) is 2. The van der Waals surface area contributed by atoms with Crippen LogP contribution in [0.1, 0.15) is 29.4 Å². The third-order valence-corrected chi connectivity index (χ3v) is 5.32. The Morgan fingerprint density at radius 1 is 1.04 bits per heavy atom. The highest BCUT2D eigenvalue weighted by molar-refractivity contribution is 5.91. The van der Waals surface area contributed by atoms with E-state index in [4.69, 9.17) is 18.6 Å². The molecule has 0 saturated heterocycles. The van der Waals surface area contributed by atoms with Crippen molar-refractivity contribution in [3.05, 3.63) is 41.2 Å². The average molecular weight is 384 g/mol. The van der Waals surface area contributed by atoms with Crippen LogP contribution in [-0.4, -0.2) is 38.1 Å². The Kier molecular flexibility index (Phi) is 4.91. The molecular weight excluding hydrogens is 360 g/mol. The summed E-state index contributed by atoms with van der Waals surface area (Å²) in [6, 6.07) is 7.78. The Bertz CT molecular complexity index is 1020. The van der Waals surface area contributed by atoms with Crippen molar-refractivity contribution in [1.82, 2.24) is 0 Å². The molecule has 2 N–H and O–H groups in total. The molecule has 0 spiro atoms. The topological polar surface area (TPSA) is 81.3 Å². The molecule has 1 unspecified atom stereocenters. The molecule has 3 aromatic rings. The molecule has 1 aliphatic carbocycles. The smallest absolute Gasteiger partial charge is 0.203 e. The minimum Gasteiger partial charge on any atom is -0.493 e. The van der Waals surface area contributed by atoms with Crippen LogP contribution in [0.4, 0.5) is 0 Å². The lowest BCUT2D eigenvalue weighted by molar-refractivity contribution is 0.169. The third kappa shape index (κ3) is 2.89. The average Bonchev–Trinajstić information content (AvgIpc) is 3.05. The summed E-state index contributed by atoms with van der Waals surface area (Å²) in [5, 5.41) is 20.9. The summed E-state index contributed by atoms with van der Waals surface area (Å²) in [6.45, 7) is 0.0236. The van der Waals surface area contributed by atoms with E-state index < -0.39 is 6.10 Å². The van der Waals surface area contributed by atoms with Crippen molar-refractivity contribution in [3.63, 3.8) is 0 Å². The van der Waals surface area contributed by atoms with Crippen LogP contribution in [0.3, 0.4) is 0 Å². The second-order valence-electron chi connectivity index (χ2n) is 6.90. The van der Waals surface area contributed by atoms with Crippen molar-refractivity contribution in [2.75, 3.05) is 27.9 Å². The van der Waals surface area contributed by atoms with Gasteiger partial charge in [-0.3, -0.25) is 0 Å². The molecule has 0 bridgehead atoms. The van der Waals surface area contributed by atoms with Crippen LogP contribution in [-0.2, 0) is 12.8 Å². The molecular formula is C22H24O6. The van der Waals surface area contributed by atoms with E-state index in [1.807, 2.05) is 24.3 Å². The zero-order chi connectivity index (χ0) is 19.8. The molecule has 0 aliphatic heterocycles. The van der Waals surface area contributed by atoms with Crippen LogP contribution >= 0.6 is 0 Å². The van der Waals surface area contributed by atoms with E-state index in [1.165, 1.54) is 0 Å². The number of benzene rings is 2. The second kappa shape index (κ2) is 7.37. The van der Waals surface area contributed by atoms with Gasteiger partial charge in [0, 0.05) is 17.4 Å². The summed E-state index contributed by atoms with van der Waals surface area (Å²) in [7, 11) is 4.79. The maximum atomic E-state index is 10.8. The molecule has 148 valence electrons. The summed E-state index contributed by atoms with van der Waals surface area (Å²) in [5.74, 6) is 2.43. The Balaban J connectivity index is 2.03. The third-order valence-electron chi connectivity index (χ3n) is 5.32. The van der Waals surface area contributed by atoms with Crippen LogP contribution in [0.5, 0.6) is 17.2 Å². The van der Waals surface area contributed by atoms with Crippen molar-refractivity contribution in [2.24, 2.45) is 0 Å². The molecule has 0 saturated carbocycles. The second-order valence-corrected chi connectivity index (χ2v) is 6.90. The van der Waals surface area contributed by atoms with E-state index in [-0.39, 0.29) is 6.61 Å². The maximum absolute atomic E-state index is 10.8. The molecule has 0 radical (unpaired) electrons. The molecule has 6 nitrogen and oxygen atoms in total. The monoisotopic (exact) mass is 384 g/mol. The maximum Gasteiger partial charge on any atom is 0.203 e. The molecule has 0 fully saturated rings. The van der Waals surface area contributed by atoms with E-state index in [0.29, 0.717) is 47.9 Å². The first kappa shape index (κ1) is 18.7. The summed E-state index contributed by atoms with van der Waals surface area (Å²) < 4.78 is 22.6. The SMILES string of the molecule is COc1cc2c(c(OC)c1OC)-c1cc3cc(CCO)oc3cc1C(O)CC2. The van der Waals surface area contributed by atoms with Gasteiger partial charge in [0.05, 0.1) is 34.0 Å². The van der Waals surface area contributed by atoms with Crippen molar-refractivity contribution in [1.29, 1.82) is 0 Å². The fourth-order valence-corrected chi connectivity index (χ4v) is 4.03. The van der Waals surface area contributed by atoms with Gasteiger partial charge >= 0.3 is 0 Å². The standard InChI is InChI=1S/C22H24O6/c1-25-19-10-12-4-5-17(24)15-11-18-13(8-14(28-18)6-7-23)9-16(15)20(12)22(27-3)21(19)26-2/h8-11,17,23-24H,4-7H2,1-3H3. The Hall–Kier alpha value is -2.70. The number of methoxy groups -OCH3 is 3. The van der Waals surface area contributed by atoms with Gasteiger partial charge in [-0.1, -0.05) is 0 Å². The molecule has 2 aromatic carbocycles. The number of ether oxygens (including phenoxy) is 3. The first-order valence-electron chi connectivity index (χ1n) is 9.28. The molecule has 6 heteroatoms. The van der Waals surface area contributed by atoms with Crippen molar-refractivity contribution >= 4 is 11.0 Å². The number of fused-ring (bicyclic) bond motifs is 4. The van der Waals surface area contributed by atoms with E-state index in [2.05, 4.69) is 0 Å². The van der Waals surface area contributed by atoms with Crippen LogP contribution in [0.2, 0.25) is 0 Å². The van der Waals surface area contributed by atoms with E-state index in [9.17, 15) is 10.2 Å². The summed E-state index contributed by atoms with van der Waals surface area (Å²) in [5.41, 5.74) is 4.32. The number of aryl methyl sites for hydroxylation is 1. The molecule has 4 rings (SSSR count). The summed E-state index contributed by atoms with van der Waals surface area (Å²) >= 11 is 0. The highest BCUT2D eigenvalue weighted by Gasteiger charge is 2.29. The highest BCUT2D eigenvalue weighted by Crippen LogP contribution is 2.51. The van der Waals surface area contributed by atoms with E-state index in [1.54, 1.807) is 21.3 Å². The van der Waals surface area contributed by atoms with Gasteiger partial charge < -0.3 is 28.8 Å². The first-order chi connectivity index (χ1) is 13.6. The van der Waals surface area contributed by atoms with Gasteiger partial charge in [0.1, 0.15) is 11.3 Å². The fraction of sp³-hybridized carbons (Fsp3) is 0.364. The van der Waals surface area contributed by atoms with Crippen molar-refractivity contribution in [2.45, 2.75) is 25.4 Å². The predicted molar refractivity (Wildman–Crippen MR) is 105 cm³/mol. The molecule has 1 aliphatic rings. The zero-order valence-corrected chi connectivity index (χ0v) is 16.2.